The molecule has 0 aromatic carbocycles. The second-order valence-electron chi connectivity index (χ2n) is 3.34. The van der Waals surface area contributed by atoms with Crippen LogP contribution in [0.25, 0.3) is 11.6 Å². The van der Waals surface area contributed by atoms with Gasteiger partial charge in [0.2, 0.25) is 0 Å². The van der Waals surface area contributed by atoms with E-state index in [4.69, 9.17) is 11.6 Å². The molecular formula is C11H11ClN4. The smallest absolute Gasteiger partial charge is 0.199 e. The van der Waals surface area contributed by atoms with E-state index in [0.29, 0.717) is 16.8 Å². The van der Waals surface area contributed by atoms with Gasteiger partial charge < -0.3 is 0 Å². The third-order valence-corrected chi connectivity index (χ3v) is 2.66. The average Bonchev–Trinajstić information content (AvgIpc) is 2.33. The van der Waals surface area contributed by atoms with E-state index in [2.05, 4.69) is 19.9 Å². The molecule has 0 unspecified atom stereocenters. The summed E-state index contributed by atoms with van der Waals surface area (Å²) in [6.07, 6.45) is 4.13. The molecule has 82 valence electrons. The Hall–Kier alpha value is -1.55. The van der Waals surface area contributed by atoms with Crippen LogP contribution in [0.2, 0.25) is 5.15 Å². The van der Waals surface area contributed by atoms with Gasteiger partial charge in [0, 0.05) is 23.7 Å². The molecule has 2 heterocycles. The maximum absolute atomic E-state index is 6.04. The lowest BCUT2D eigenvalue weighted by molar-refractivity contribution is 0.960. The van der Waals surface area contributed by atoms with Crippen molar-refractivity contribution in [1.29, 1.82) is 0 Å². The molecule has 4 nitrogen and oxygen atoms in total. The second kappa shape index (κ2) is 4.53. The highest BCUT2D eigenvalue weighted by atomic mass is 35.5. The summed E-state index contributed by atoms with van der Waals surface area (Å²) >= 11 is 6.04. The number of rotatable bonds is 2. The first-order valence-electron chi connectivity index (χ1n) is 5.02. The van der Waals surface area contributed by atoms with Gasteiger partial charge in [0.05, 0.1) is 0 Å². The summed E-state index contributed by atoms with van der Waals surface area (Å²) in [5.74, 6) is 0.979. The Balaban J connectivity index is 2.55. The second-order valence-corrected chi connectivity index (χ2v) is 3.69. The van der Waals surface area contributed by atoms with Crippen molar-refractivity contribution in [2.45, 2.75) is 20.3 Å². The fourth-order valence-electron chi connectivity index (χ4n) is 1.39. The van der Waals surface area contributed by atoms with Gasteiger partial charge >= 0.3 is 0 Å². The summed E-state index contributed by atoms with van der Waals surface area (Å²) in [6.45, 7) is 3.94. The van der Waals surface area contributed by atoms with Crippen molar-refractivity contribution in [3.8, 4) is 11.6 Å². The summed E-state index contributed by atoms with van der Waals surface area (Å²) in [7, 11) is 0. The molecule has 0 saturated carbocycles. The van der Waals surface area contributed by atoms with Gasteiger partial charge in [-0.05, 0) is 19.4 Å². The molecule has 16 heavy (non-hydrogen) atoms. The van der Waals surface area contributed by atoms with Crippen molar-refractivity contribution < 1.29 is 0 Å². The van der Waals surface area contributed by atoms with Gasteiger partial charge in [0.25, 0.3) is 0 Å². The van der Waals surface area contributed by atoms with E-state index in [0.717, 1.165) is 17.7 Å². The van der Waals surface area contributed by atoms with Crippen LogP contribution in [-0.2, 0) is 6.42 Å². The molecule has 0 aliphatic heterocycles. The predicted molar refractivity (Wildman–Crippen MR) is 62.2 cm³/mol. The van der Waals surface area contributed by atoms with Crippen molar-refractivity contribution in [3.63, 3.8) is 0 Å². The summed E-state index contributed by atoms with van der Waals surface area (Å²) in [6, 6.07) is 1.75. The Morgan fingerprint density at radius 3 is 2.44 bits per heavy atom. The van der Waals surface area contributed by atoms with Crippen LogP contribution in [0, 0.1) is 6.92 Å². The summed E-state index contributed by atoms with van der Waals surface area (Å²) in [4.78, 5) is 16.8. The Morgan fingerprint density at radius 1 is 1.12 bits per heavy atom. The molecule has 0 aliphatic rings. The standard InChI is InChI=1S/C11H11ClN4/c1-3-8-7(2)9(12)16-11(15-8)10-13-5-4-6-14-10/h4-6H,3H2,1-2H3. The highest BCUT2D eigenvalue weighted by Gasteiger charge is 2.10. The van der Waals surface area contributed by atoms with Crippen LogP contribution in [0.4, 0.5) is 0 Å². The van der Waals surface area contributed by atoms with Crippen molar-refractivity contribution in [2.75, 3.05) is 0 Å². The molecule has 2 aromatic rings. The molecule has 0 spiro atoms. The van der Waals surface area contributed by atoms with Gasteiger partial charge in [-0.3, -0.25) is 0 Å². The molecule has 0 bridgehead atoms. The van der Waals surface area contributed by atoms with Crippen molar-refractivity contribution >= 4 is 11.6 Å². The first-order valence-corrected chi connectivity index (χ1v) is 5.40. The van der Waals surface area contributed by atoms with Gasteiger partial charge in [-0.1, -0.05) is 18.5 Å². The van der Waals surface area contributed by atoms with E-state index >= 15 is 0 Å². The number of hydrogen-bond donors (Lipinski definition) is 0. The number of nitrogens with zero attached hydrogens (tertiary/aromatic N) is 4. The Labute approximate surface area is 98.8 Å². The monoisotopic (exact) mass is 234 g/mol. The van der Waals surface area contributed by atoms with Crippen LogP contribution in [0.3, 0.4) is 0 Å². The first kappa shape index (κ1) is 11.0. The zero-order valence-corrected chi connectivity index (χ0v) is 9.86. The minimum absolute atomic E-state index is 0.467. The van der Waals surface area contributed by atoms with Crippen molar-refractivity contribution in [2.24, 2.45) is 0 Å². The van der Waals surface area contributed by atoms with E-state index in [-0.39, 0.29) is 0 Å². The predicted octanol–water partition coefficient (Wildman–Crippen LogP) is 2.46. The molecule has 0 amide bonds. The number of aromatic nitrogens is 4. The van der Waals surface area contributed by atoms with Gasteiger partial charge in [0.15, 0.2) is 11.6 Å². The number of aryl methyl sites for hydroxylation is 1. The fourth-order valence-corrected chi connectivity index (χ4v) is 1.58. The molecule has 0 aliphatic carbocycles. The van der Waals surface area contributed by atoms with E-state index in [1.165, 1.54) is 0 Å². The van der Waals surface area contributed by atoms with E-state index in [9.17, 15) is 0 Å². The summed E-state index contributed by atoms with van der Waals surface area (Å²) < 4.78 is 0. The molecule has 5 heteroatoms. The molecular weight excluding hydrogens is 224 g/mol. The van der Waals surface area contributed by atoms with Crippen LogP contribution in [0.5, 0.6) is 0 Å². The van der Waals surface area contributed by atoms with E-state index in [1.807, 2.05) is 13.8 Å². The zero-order valence-electron chi connectivity index (χ0n) is 9.11. The Morgan fingerprint density at radius 2 is 1.81 bits per heavy atom. The van der Waals surface area contributed by atoms with Gasteiger partial charge in [-0.25, -0.2) is 19.9 Å². The summed E-state index contributed by atoms with van der Waals surface area (Å²) in [5, 5.41) is 0.467. The lowest BCUT2D eigenvalue weighted by Gasteiger charge is -2.06. The minimum Gasteiger partial charge on any atom is -0.234 e. The molecule has 2 aromatic heterocycles. The van der Waals surface area contributed by atoms with Crippen molar-refractivity contribution in [3.05, 3.63) is 34.9 Å². The van der Waals surface area contributed by atoms with Crippen LogP contribution >= 0.6 is 11.6 Å². The number of hydrogen-bond acceptors (Lipinski definition) is 4. The zero-order chi connectivity index (χ0) is 11.5. The van der Waals surface area contributed by atoms with Crippen LogP contribution in [0.15, 0.2) is 18.5 Å². The van der Waals surface area contributed by atoms with Crippen molar-refractivity contribution in [1.82, 2.24) is 19.9 Å². The SMILES string of the molecule is CCc1nc(-c2ncccn2)nc(Cl)c1C. The average molecular weight is 235 g/mol. The van der Waals surface area contributed by atoms with Crippen LogP contribution < -0.4 is 0 Å². The van der Waals surface area contributed by atoms with Gasteiger partial charge in [-0.2, -0.15) is 0 Å². The highest BCUT2D eigenvalue weighted by Crippen LogP contribution is 2.19. The highest BCUT2D eigenvalue weighted by molar-refractivity contribution is 6.30. The molecule has 2 rings (SSSR count). The molecule has 0 saturated heterocycles. The maximum Gasteiger partial charge on any atom is 0.199 e. The third kappa shape index (κ3) is 2.02. The first-order chi connectivity index (χ1) is 7.72. The quantitative estimate of drug-likeness (QED) is 0.749. The lowest BCUT2D eigenvalue weighted by atomic mass is 10.2. The Kier molecular flexibility index (Phi) is 3.10. The molecule has 0 atom stereocenters. The Bertz CT molecular complexity index is 499. The van der Waals surface area contributed by atoms with E-state index < -0.39 is 0 Å². The van der Waals surface area contributed by atoms with Crippen LogP contribution in [-0.4, -0.2) is 19.9 Å². The third-order valence-electron chi connectivity index (χ3n) is 2.29. The fraction of sp³-hybridized carbons (Fsp3) is 0.273. The topological polar surface area (TPSA) is 51.6 Å². The maximum atomic E-state index is 6.04. The molecule has 0 fully saturated rings. The normalized spacial score (nSPS) is 10.4. The summed E-state index contributed by atoms with van der Waals surface area (Å²) in [5.41, 5.74) is 1.85. The van der Waals surface area contributed by atoms with Gasteiger partial charge in [0.1, 0.15) is 5.15 Å². The van der Waals surface area contributed by atoms with Gasteiger partial charge in [-0.15, -0.1) is 0 Å². The number of halogens is 1. The minimum atomic E-state index is 0.467. The van der Waals surface area contributed by atoms with E-state index in [1.54, 1.807) is 18.5 Å². The largest absolute Gasteiger partial charge is 0.234 e. The molecule has 0 radical (unpaired) electrons. The molecule has 0 N–H and O–H groups in total. The lowest BCUT2D eigenvalue weighted by Crippen LogP contribution is -2.01. The van der Waals surface area contributed by atoms with Crippen LogP contribution in [0.1, 0.15) is 18.2 Å².